The van der Waals surface area contributed by atoms with E-state index in [-0.39, 0.29) is 12.5 Å². The molecule has 0 heterocycles. The number of aryl methyl sites for hydroxylation is 2. The highest BCUT2D eigenvalue weighted by molar-refractivity contribution is 7.99. The number of hydrogen-bond donors (Lipinski definition) is 1. The molecule has 0 aliphatic heterocycles. The van der Waals surface area contributed by atoms with Crippen molar-refractivity contribution in [2.24, 2.45) is 0 Å². The Balaban J connectivity index is 1.86. The van der Waals surface area contributed by atoms with Crippen LogP contribution in [0.1, 0.15) is 17.5 Å². The lowest BCUT2D eigenvalue weighted by atomic mass is 10.1. The Morgan fingerprint density at radius 3 is 2.46 bits per heavy atom. The highest BCUT2D eigenvalue weighted by atomic mass is 35.5. The molecule has 2 aromatic carbocycles. The second-order valence-electron chi connectivity index (χ2n) is 6.57. The van der Waals surface area contributed by atoms with E-state index in [4.69, 9.17) is 11.6 Å². The van der Waals surface area contributed by atoms with Gasteiger partial charge in [0.2, 0.25) is 15.9 Å². The van der Waals surface area contributed by atoms with Crippen molar-refractivity contribution in [3.8, 4) is 0 Å². The lowest BCUT2D eigenvalue weighted by Crippen LogP contribution is -2.41. The van der Waals surface area contributed by atoms with Gasteiger partial charge in [0.05, 0.1) is 11.9 Å². The van der Waals surface area contributed by atoms with Crippen LogP contribution in [0.4, 0.5) is 5.69 Å². The van der Waals surface area contributed by atoms with E-state index < -0.39 is 10.0 Å². The number of nitrogens with zero attached hydrogens (tertiary/aromatic N) is 1. The van der Waals surface area contributed by atoms with Crippen molar-refractivity contribution in [2.75, 3.05) is 29.4 Å². The molecule has 1 amide bonds. The fourth-order valence-corrected chi connectivity index (χ4v) is 4.46. The maximum Gasteiger partial charge on any atom is 0.240 e. The summed E-state index contributed by atoms with van der Waals surface area (Å²) in [6.07, 6.45) is 1.90. The maximum absolute atomic E-state index is 12.3. The van der Waals surface area contributed by atoms with Gasteiger partial charge in [-0.1, -0.05) is 23.7 Å². The number of hydrogen-bond acceptors (Lipinski definition) is 4. The molecule has 5 nitrogen and oxygen atoms in total. The van der Waals surface area contributed by atoms with E-state index in [0.29, 0.717) is 17.3 Å². The number of benzene rings is 2. The first-order valence-electron chi connectivity index (χ1n) is 8.87. The van der Waals surface area contributed by atoms with Crippen LogP contribution in [0.15, 0.2) is 47.4 Å². The highest BCUT2D eigenvalue weighted by Gasteiger charge is 2.22. The van der Waals surface area contributed by atoms with Gasteiger partial charge in [0, 0.05) is 16.5 Å². The third-order valence-electron chi connectivity index (χ3n) is 4.05. The van der Waals surface area contributed by atoms with Gasteiger partial charge in [-0.15, -0.1) is 11.8 Å². The number of carbonyl (C=O) groups is 1. The number of halogens is 1. The number of carbonyl (C=O) groups excluding carboxylic acids is 1. The summed E-state index contributed by atoms with van der Waals surface area (Å²) < 4.78 is 25.6. The van der Waals surface area contributed by atoms with Gasteiger partial charge in [0.15, 0.2) is 0 Å². The molecule has 2 aromatic rings. The van der Waals surface area contributed by atoms with E-state index in [1.807, 2.05) is 50.2 Å². The molecule has 0 radical (unpaired) electrons. The molecule has 0 bridgehead atoms. The van der Waals surface area contributed by atoms with Crippen molar-refractivity contribution in [3.05, 3.63) is 58.6 Å². The number of rotatable bonds is 9. The molecule has 0 spiro atoms. The van der Waals surface area contributed by atoms with Crippen molar-refractivity contribution in [2.45, 2.75) is 25.2 Å². The Labute approximate surface area is 176 Å². The molecule has 0 fully saturated rings. The number of sulfonamides is 1. The normalized spacial score (nSPS) is 11.3. The molecule has 1 N–H and O–H groups in total. The van der Waals surface area contributed by atoms with Crippen LogP contribution < -0.4 is 9.62 Å². The second-order valence-corrected chi connectivity index (χ2v) is 10.1. The van der Waals surface area contributed by atoms with Crippen molar-refractivity contribution in [3.63, 3.8) is 0 Å². The standard InChI is InChI=1S/C20H25ClN2O3S2/c1-15-5-6-16(2)19(13-15)23(28(3,25)26)14-20(24)22-11-4-12-27-18-9-7-17(21)8-10-18/h5-10,13H,4,11-12,14H2,1-3H3,(H,22,24). The summed E-state index contributed by atoms with van der Waals surface area (Å²) in [7, 11) is -3.57. The zero-order valence-corrected chi connectivity index (χ0v) is 18.6. The van der Waals surface area contributed by atoms with Crippen LogP contribution >= 0.6 is 23.4 Å². The monoisotopic (exact) mass is 440 g/mol. The predicted molar refractivity (Wildman–Crippen MR) is 118 cm³/mol. The van der Waals surface area contributed by atoms with Crippen molar-refractivity contribution in [1.82, 2.24) is 5.32 Å². The SMILES string of the molecule is Cc1ccc(C)c(N(CC(=O)NCCCSc2ccc(Cl)cc2)S(C)(=O)=O)c1. The molecular formula is C20H25ClN2O3S2. The van der Waals surface area contributed by atoms with Crippen LogP contribution in [0.2, 0.25) is 5.02 Å². The topological polar surface area (TPSA) is 66.5 Å². The van der Waals surface area contributed by atoms with Gasteiger partial charge in [-0.2, -0.15) is 0 Å². The summed E-state index contributed by atoms with van der Waals surface area (Å²) in [5, 5.41) is 3.51. The lowest BCUT2D eigenvalue weighted by molar-refractivity contribution is -0.119. The summed E-state index contributed by atoms with van der Waals surface area (Å²) in [6.45, 7) is 3.98. The first kappa shape index (κ1) is 22.6. The van der Waals surface area contributed by atoms with Gasteiger partial charge in [0.25, 0.3) is 0 Å². The van der Waals surface area contributed by atoms with E-state index in [0.717, 1.165) is 38.8 Å². The van der Waals surface area contributed by atoms with Crippen LogP contribution in [0.5, 0.6) is 0 Å². The van der Waals surface area contributed by atoms with Gasteiger partial charge in [0.1, 0.15) is 6.54 Å². The largest absolute Gasteiger partial charge is 0.354 e. The van der Waals surface area contributed by atoms with Gasteiger partial charge in [-0.3, -0.25) is 9.10 Å². The summed E-state index contributed by atoms with van der Waals surface area (Å²) in [5.74, 6) is 0.525. The van der Waals surface area contributed by atoms with Crippen molar-refractivity contribution >= 4 is 45.0 Å². The summed E-state index contributed by atoms with van der Waals surface area (Å²) in [6, 6.07) is 13.2. The summed E-state index contributed by atoms with van der Waals surface area (Å²) in [5.41, 5.74) is 2.29. The first-order chi connectivity index (χ1) is 13.2. The van der Waals surface area contributed by atoms with Crippen LogP contribution in [0.25, 0.3) is 0 Å². The van der Waals surface area contributed by atoms with Crippen LogP contribution in [0.3, 0.4) is 0 Å². The third kappa shape index (κ3) is 7.04. The molecule has 152 valence electrons. The highest BCUT2D eigenvalue weighted by Crippen LogP contribution is 2.24. The molecule has 0 unspecified atom stereocenters. The first-order valence-corrected chi connectivity index (χ1v) is 12.1. The maximum atomic E-state index is 12.3. The van der Waals surface area contributed by atoms with E-state index in [2.05, 4.69) is 5.32 Å². The lowest BCUT2D eigenvalue weighted by Gasteiger charge is -2.24. The quantitative estimate of drug-likeness (QED) is 0.472. The molecule has 0 aromatic heterocycles. The molecular weight excluding hydrogens is 416 g/mol. The molecule has 0 aliphatic rings. The number of anilines is 1. The molecule has 2 rings (SSSR count). The molecule has 28 heavy (non-hydrogen) atoms. The Hall–Kier alpha value is -1.70. The minimum absolute atomic E-state index is 0.229. The average Bonchev–Trinajstić information content (AvgIpc) is 2.62. The molecule has 0 aliphatic carbocycles. The Bertz CT molecular complexity index is 916. The fraction of sp³-hybridized carbons (Fsp3) is 0.350. The Morgan fingerprint density at radius 2 is 1.82 bits per heavy atom. The number of amides is 1. The summed E-state index contributed by atoms with van der Waals surface area (Å²) >= 11 is 7.55. The van der Waals surface area contributed by atoms with Gasteiger partial charge in [-0.25, -0.2) is 8.42 Å². The smallest absolute Gasteiger partial charge is 0.240 e. The predicted octanol–water partition coefficient (Wildman–Crippen LogP) is 4.02. The van der Waals surface area contributed by atoms with E-state index in [1.165, 1.54) is 0 Å². The van der Waals surface area contributed by atoms with Gasteiger partial charge in [-0.05, 0) is 67.5 Å². The van der Waals surface area contributed by atoms with Crippen LogP contribution in [-0.4, -0.2) is 39.4 Å². The van der Waals surface area contributed by atoms with Crippen LogP contribution in [-0.2, 0) is 14.8 Å². The zero-order chi connectivity index (χ0) is 20.7. The fourth-order valence-electron chi connectivity index (χ4n) is 2.58. The summed E-state index contributed by atoms with van der Waals surface area (Å²) in [4.78, 5) is 13.4. The Kier molecular flexibility index (Phi) is 8.22. The molecule has 0 saturated carbocycles. The van der Waals surface area contributed by atoms with E-state index in [9.17, 15) is 13.2 Å². The van der Waals surface area contributed by atoms with Gasteiger partial charge < -0.3 is 5.32 Å². The van der Waals surface area contributed by atoms with Crippen molar-refractivity contribution < 1.29 is 13.2 Å². The zero-order valence-electron chi connectivity index (χ0n) is 16.2. The number of nitrogens with one attached hydrogen (secondary N) is 1. The molecule has 8 heteroatoms. The van der Waals surface area contributed by atoms with E-state index in [1.54, 1.807) is 17.8 Å². The minimum atomic E-state index is -3.57. The average molecular weight is 441 g/mol. The third-order valence-corrected chi connectivity index (χ3v) is 6.52. The molecule has 0 saturated heterocycles. The Morgan fingerprint density at radius 1 is 1.14 bits per heavy atom. The van der Waals surface area contributed by atoms with E-state index >= 15 is 0 Å². The van der Waals surface area contributed by atoms with Crippen molar-refractivity contribution in [1.29, 1.82) is 0 Å². The second kappa shape index (κ2) is 10.2. The molecule has 0 atom stereocenters. The minimum Gasteiger partial charge on any atom is -0.354 e. The number of thioether (sulfide) groups is 1. The van der Waals surface area contributed by atoms with Crippen LogP contribution in [0, 0.1) is 13.8 Å². The van der Waals surface area contributed by atoms with Gasteiger partial charge >= 0.3 is 0 Å².